The Hall–Kier alpha value is -3.82. The topological polar surface area (TPSA) is 131 Å². The van der Waals surface area contributed by atoms with E-state index in [0.29, 0.717) is 16.8 Å². The average Bonchev–Trinajstić information content (AvgIpc) is 3.27. The van der Waals surface area contributed by atoms with Crippen LogP contribution in [0.2, 0.25) is 0 Å². The fraction of sp³-hybridized carbons (Fsp3) is 0.0667. The van der Waals surface area contributed by atoms with Crippen LogP contribution in [0.1, 0.15) is 16.2 Å². The first-order valence-corrected chi connectivity index (χ1v) is 7.29. The van der Waals surface area contributed by atoms with E-state index in [4.69, 9.17) is 4.52 Å². The summed E-state index contributed by atoms with van der Waals surface area (Å²) >= 11 is 0. The van der Waals surface area contributed by atoms with Crippen molar-refractivity contribution in [3.63, 3.8) is 0 Å². The Bertz CT molecular complexity index is 1110. The van der Waals surface area contributed by atoms with Crippen LogP contribution >= 0.6 is 0 Å². The molecular weight excluding hydrogens is 326 g/mol. The van der Waals surface area contributed by atoms with E-state index in [2.05, 4.69) is 30.5 Å². The molecule has 10 heteroatoms. The van der Waals surface area contributed by atoms with E-state index in [0.717, 1.165) is 0 Å². The molecule has 4 aromatic rings. The molecule has 4 heterocycles. The largest absolute Gasteiger partial charge is 0.343 e. The van der Waals surface area contributed by atoms with E-state index in [1.165, 1.54) is 23.0 Å². The highest BCUT2D eigenvalue weighted by Crippen LogP contribution is 2.13. The van der Waals surface area contributed by atoms with Gasteiger partial charge in [-0.15, -0.1) is 0 Å². The maximum Gasteiger partial charge on any atom is 0.257 e. The number of carbonyl (C=O) groups excluding carboxylic acids is 1. The normalized spacial score (nSPS) is 10.9. The van der Waals surface area contributed by atoms with Crippen LogP contribution in [0.3, 0.4) is 0 Å². The molecule has 0 aliphatic carbocycles. The molecule has 0 fully saturated rings. The quantitative estimate of drug-likeness (QED) is 0.551. The van der Waals surface area contributed by atoms with E-state index in [1.54, 1.807) is 24.5 Å². The Kier molecular flexibility index (Phi) is 3.54. The highest BCUT2D eigenvalue weighted by atomic mass is 16.5. The lowest BCUT2D eigenvalue weighted by Gasteiger charge is -1.99. The lowest BCUT2D eigenvalue weighted by Crippen LogP contribution is -2.23. The summed E-state index contributed by atoms with van der Waals surface area (Å²) in [5, 5.41) is 10.5. The zero-order valence-corrected chi connectivity index (χ0v) is 12.7. The van der Waals surface area contributed by atoms with E-state index in [1.807, 2.05) is 0 Å². The van der Waals surface area contributed by atoms with Crippen LogP contribution in [-0.4, -0.2) is 35.6 Å². The predicted molar refractivity (Wildman–Crippen MR) is 84.5 cm³/mol. The van der Waals surface area contributed by atoms with E-state index < -0.39 is 0 Å². The highest BCUT2D eigenvalue weighted by Gasteiger charge is 2.15. The number of nitrogens with zero attached hydrogens (tertiary/aromatic N) is 5. The van der Waals surface area contributed by atoms with Gasteiger partial charge in [0, 0.05) is 30.2 Å². The zero-order valence-electron chi connectivity index (χ0n) is 12.7. The molecule has 0 spiro atoms. The first kappa shape index (κ1) is 14.8. The number of amides is 1. The summed E-state index contributed by atoms with van der Waals surface area (Å²) in [7, 11) is 0. The number of rotatable bonds is 4. The first-order valence-electron chi connectivity index (χ1n) is 7.29. The van der Waals surface area contributed by atoms with Crippen LogP contribution < -0.4 is 10.9 Å². The minimum atomic E-state index is -0.357. The van der Waals surface area contributed by atoms with Crippen LogP contribution in [0.4, 0.5) is 0 Å². The van der Waals surface area contributed by atoms with Crippen molar-refractivity contribution in [2.45, 2.75) is 6.54 Å². The van der Waals surface area contributed by atoms with Crippen molar-refractivity contribution < 1.29 is 9.32 Å². The molecule has 0 aliphatic heterocycles. The molecule has 10 nitrogen and oxygen atoms in total. The predicted octanol–water partition coefficient (Wildman–Crippen LogP) is 0.398. The van der Waals surface area contributed by atoms with Crippen molar-refractivity contribution in [2.24, 2.45) is 0 Å². The molecule has 0 unspecified atom stereocenters. The second-order valence-electron chi connectivity index (χ2n) is 5.08. The summed E-state index contributed by atoms with van der Waals surface area (Å²) in [6.45, 7) is 0.0409. The molecule has 0 aromatic carbocycles. The van der Waals surface area contributed by atoms with Crippen LogP contribution in [0.25, 0.3) is 17.0 Å². The molecule has 0 aliphatic rings. The van der Waals surface area contributed by atoms with Crippen molar-refractivity contribution in [2.75, 3.05) is 0 Å². The van der Waals surface area contributed by atoms with Crippen molar-refractivity contribution in [3.8, 4) is 11.4 Å². The summed E-state index contributed by atoms with van der Waals surface area (Å²) in [6.07, 6.45) is 6.21. The maximum absolute atomic E-state index is 12.3. The minimum Gasteiger partial charge on any atom is -0.343 e. The van der Waals surface area contributed by atoms with Gasteiger partial charge in [0.05, 0.1) is 12.7 Å². The van der Waals surface area contributed by atoms with Gasteiger partial charge >= 0.3 is 0 Å². The Morgan fingerprint density at radius 2 is 2.32 bits per heavy atom. The smallest absolute Gasteiger partial charge is 0.257 e. The number of H-pyrrole nitrogens is 1. The zero-order chi connectivity index (χ0) is 17.2. The van der Waals surface area contributed by atoms with Crippen molar-refractivity contribution in [1.29, 1.82) is 0 Å². The lowest BCUT2D eigenvalue weighted by atomic mass is 10.2. The summed E-state index contributed by atoms with van der Waals surface area (Å²) in [4.78, 5) is 34.4. The Morgan fingerprint density at radius 1 is 1.40 bits per heavy atom. The molecule has 124 valence electrons. The van der Waals surface area contributed by atoms with Crippen LogP contribution in [-0.2, 0) is 6.54 Å². The standard InChI is InChI=1S/C15H11N7O3/c23-11-6-9(2-4-16-11)13-20-12(25-21-13)8-18-15(24)10-7-19-22-5-1-3-17-14(10)22/h1-7H,8H2,(H,16,23)(H,18,24). The third-order valence-corrected chi connectivity index (χ3v) is 3.43. The van der Waals surface area contributed by atoms with Gasteiger partial charge in [0.1, 0.15) is 5.56 Å². The molecule has 0 bridgehead atoms. The van der Waals surface area contributed by atoms with Gasteiger partial charge in [-0.3, -0.25) is 9.59 Å². The SMILES string of the molecule is O=C(NCc1nc(-c2cc[nH]c(=O)c2)no1)c1cnn2cccnc12. The van der Waals surface area contributed by atoms with Crippen LogP contribution in [0, 0.1) is 0 Å². The lowest BCUT2D eigenvalue weighted by molar-refractivity contribution is 0.0947. The molecule has 1 amide bonds. The summed E-state index contributed by atoms with van der Waals surface area (Å²) < 4.78 is 6.60. The fourth-order valence-electron chi connectivity index (χ4n) is 2.27. The molecule has 4 rings (SSSR count). The van der Waals surface area contributed by atoms with Crippen molar-refractivity contribution >= 4 is 11.6 Å². The van der Waals surface area contributed by atoms with Crippen molar-refractivity contribution in [3.05, 3.63) is 64.8 Å². The second kappa shape index (κ2) is 6.00. The molecule has 0 atom stereocenters. The third-order valence-electron chi connectivity index (χ3n) is 3.43. The summed E-state index contributed by atoms with van der Waals surface area (Å²) in [6, 6.07) is 4.73. The van der Waals surface area contributed by atoms with Gasteiger partial charge in [0.25, 0.3) is 5.91 Å². The molecule has 0 radical (unpaired) electrons. The number of pyridine rings is 1. The Balaban J connectivity index is 1.48. The highest BCUT2D eigenvalue weighted by molar-refractivity contribution is 5.99. The van der Waals surface area contributed by atoms with Gasteiger partial charge in [0.15, 0.2) is 5.65 Å². The monoisotopic (exact) mass is 337 g/mol. The van der Waals surface area contributed by atoms with Crippen molar-refractivity contribution in [1.82, 2.24) is 35.0 Å². The maximum atomic E-state index is 12.3. The third kappa shape index (κ3) is 2.87. The Morgan fingerprint density at radius 3 is 3.20 bits per heavy atom. The fourth-order valence-corrected chi connectivity index (χ4v) is 2.27. The number of aromatic amines is 1. The van der Waals surface area contributed by atoms with Gasteiger partial charge in [-0.1, -0.05) is 5.16 Å². The number of hydrogen-bond donors (Lipinski definition) is 2. The first-order chi connectivity index (χ1) is 12.2. The number of aromatic nitrogens is 6. The second-order valence-corrected chi connectivity index (χ2v) is 5.08. The molecule has 2 N–H and O–H groups in total. The Labute approximate surface area is 139 Å². The van der Waals surface area contributed by atoms with E-state index in [9.17, 15) is 9.59 Å². The number of nitrogens with one attached hydrogen (secondary N) is 2. The van der Waals surface area contributed by atoms with Crippen LogP contribution in [0.15, 0.2) is 52.3 Å². The van der Waals surface area contributed by atoms with Gasteiger partial charge in [0.2, 0.25) is 17.3 Å². The van der Waals surface area contributed by atoms with E-state index >= 15 is 0 Å². The molecular formula is C15H11N7O3. The van der Waals surface area contributed by atoms with Gasteiger partial charge in [-0.2, -0.15) is 10.1 Å². The van der Waals surface area contributed by atoms with Crippen LogP contribution in [0.5, 0.6) is 0 Å². The van der Waals surface area contributed by atoms with Gasteiger partial charge < -0.3 is 14.8 Å². The van der Waals surface area contributed by atoms with Gasteiger partial charge in [-0.25, -0.2) is 9.50 Å². The molecule has 25 heavy (non-hydrogen) atoms. The summed E-state index contributed by atoms with van der Waals surface area (Å²) in [5.41, 5.74) is 1.05. The molecule has 0 saturated carbocycles. The summed E-state index contributed by atoms with van der Waals surface area (Å²) in [5.74, 6) is 0.130. The molecule has 4 aromatic heterocycles. The number of carbonyl (C=O) groups is 1. The average molecular weight is 337 g/mol. The molecule has 0 saturated heterocycles. The van der Waals surface area contributed by atoms with Gasteiger partial charge in [-0.05, 0) is 12.1 Å². The van der Waals surface area contributed by atoms with E-state index in [-0.39, 0.29) is 29.7 Å². The number of fused-ring (bicyclic) bond motifs is 1. The minimum absolute atomic E-state index is 0.0409. The number of hydrogen-bond acceptors (Lipinski definition) is 7.